The topological polar surface area (TPSA) is 74.1 Å². The number of esters is 1. The summed E-state index contributed by atoms with van der Waals surface area (Å²) in [7, 11) is 0.228. The van der Waals surface area contributed by atoms with Crippen LogP contribution in [-0.4, -0.2) is 32.1 Å². The van der Waals surface area contributed by atoms with E-state index in [0.29, 0.717) is 28.6 Å². The summed E-state index contributed by atoms with van der Waals surface area (Å²) in [4.78, 5) is 11.7. The third kappa shape index (κ3) is 6.22. The van der Waals surface area contributed by atoms with Gasteiger partial charge in [-0.1, -0.05) is 70.2 Å². The van der Waals surface area contributed by atoms with Gasteiger partial charge in [-0.3, -0.25) is 8.78 Å². The lowest BCUT2D eigenvalue weighted by Gasteiger charge is -2.10. The van der Waals surface area contributed by atoms with Gasteiger partial charge in [0.1, 0.15) is 0 Å². The van der Waals surface area contributed by atoms with E-state index in [4.69, 9.17) is 4.74 Å². The van der Waals surface area contributed by atoms with Gasteiger partial charge in [-0.05, 0) is 47.5 Å². The summed E-state index contributed by atoms with van der Waals surface area (Å²) < 4.78 is 20.6. The number of rotatable bonds is 9. The van der Waals surface area contributed by atoms with Crippen LogP contribution in [0.4, 0.5) is 0 Å². The van der Waals surface area contributed by atoms with Crippen molar-refractivity contribution in [1.29, 1.82) is 0 Å². The molecule has 4 aromatic rings. The van der Waals surface area contributed by atoms with Gasteiger partial charge < -0.3 is 4.74 Å². The van der Waals surface area contributed by atoms with Crippen molar-refractivity contribution in [2.75, 3.05) is 7.11 Å². The predicted molar refractivity (Wildman–Crippen MR) is 138 cm³/mol. The molecule has 6 nitrogen and oxygen atoms in total. The lowest BCUT2D eigenvalue weighted by atomic mass is 10.1. The Labute approximate surface area is 213 Å². The van der Waals surface area contributed by atoms with Gasteiger partial charge in [-0.25, -0.2) is 4.79 Å². The number of ether oxygens (including phenoxy) is 1. The van der Waals surface area contributed by atoms with Crippen LogP contribution in [0, 0.1) is 0 Å². The summed E-state index contributed by atoms with van der Waals surface area (Å²) in [6.07, 6.45) is 0. The van der Waals surface area contributed by atoms with E-state index < -0.39 is 10.8 Å². The average molecular weight is 557 g/mol. The second kappa shape index (κ2) is 11.6. The Morgan fingerprint density at radius 1 is 0.941 bits per heavy atom. The molecular formula is C25H22BrN3O3S2. The van der Waals surface area contributed by atoms with Crippen LogP contribution in [-0.2, 0) is 32.8 Å². The molecular weight excluding hydrogens is 534 g/mol. The SMILES string of the molecule is COC(=O)c1ccc(CSc2nnc(C[S@@](=O)Cc3ccc(Br)cc3)n2-c2ccccc2)cc1. The van der Waals surface area contributed by atoms with Crippen molar-refractivity contribution in [2.24, 2.45) is 0 Å². The van der Waals surface area contributed by atoms with Crippen LogP contribution < -0.4 is 0 Å². The van der Waals surface area contributed by atoms with Gasteiger partial charge in [-0.15, -0.1) is 10.2 Å². The Morgan fingerprint density at radius 2 is 1.62 bits per heavy atom. The molecule has 174 valence electrons. The van der Waals surface area contributed by atoms with Crippen molar-refractivity contribution in [3.05, 3.63) is 106 Å². The van der Waals surface area contributed by atoms with Crippen molar-refractivity contribution in [3.8, 4) is 5.69 Å². The van der Waals surface area contributed by atoms with Crippen LogP contribution in [0.5, 0.6) is 0 Å². The first kappa shape index (κ1) is 24.4. The largest absolute Gasteiger partial charge is 0.465 e. The number of methoxy groups -OCH3 is 1. The van der Waals surface area contributed by atoms with E-state index in [1.54, 1.807) is 12.1 Å². The third-order valence-corrected chi connectivity index (χ3v) is 7.75. The molecule has 0 fully saturated rings. The molecule has 1 atom stereocenters. The molecule has 1 aromatic heterocycles. The quantitative estimate of drug-likeness (QED) is 0.199. The zero-order valence-electron chi connectivity index (χ0n) is 18.4. The van der Waals surface area contributed by atoms with Crippen LogP contribution in [0.15, 0.2) is 88.5 Å². The van der Waals surface area contributed by atoms with Crippen molar-refractivity contribution in [1.82, 2.24) is 14.8 Å². The van der Waals surface area contributed by atoms with Gasteiger partial charge in [0.2, 0.25) is 0 Å². The molecule has 0 bridgehead atoms. The molecule has 0 aliphatic rings. The van der Waals surface area contributed by atoms with E-state index in [-0.39, 0.29) is 5.97 Å². The lowest BCUT2D eigenvalue weighted by Crippen LogP contribution is -2.07. The van der Waals surface area contributed by atoms with Crippen molar-refractivity contribution in [2.45, 2.75) is 22.4 Å². The van der Waals surface area contributed by atoms with Crippen LogP contribution in [0.3, 0.4) is 0 Å². The number of aromatic nitrogens is 3. The fourth-order valence-corrected chi connectivity index (χ4v) is 5.62. The number of halogens is 1. The first-order chi connectivity index (χ1) is 16.5. The minimum atomic E-state index is -1.14. The highest BCUT2D eigenvalue weighted by Crippen LogP contribution is 2.26. The maximum atomic E-state index is 12.9. The molecule has 34 heavy (non-hydrogen) atoms. The average Bonchev–Trinajstić information content (AvgIpc) is 3.26. The molecule has 0 saturated carbocycles. The molecule has 0 spiro atoms. The second-order valence-corrected chi connectivity index (χ2v) is 10.7. The number of hydrogen-bond donors (Lipinski definition) is 0. The summed E-state index contributed by atoms with van der Waals surface area (Å²) in [5.41, 5.74) is 3.49. The van der Waals surface area contributed by atoms with Gasteiger partial charge >= 0.3 is 5.97 Å². The van der Waals surface area contributed by atoms with Crippen LogP contribution in [0.1, 0.15) is 27.3 Å². The highest BCUT2D eigenvalue weighted by molar-refractivity contribution is 9.10. The molecule has 0 radical (unpaired) electrons. The Morgan fingerprint density at radius 3 is 2.29 bits per heavy atom. The zero-order chi connectivity index (χ0) is 23.9. The van der Waals surface area contributed by atoms with Gasteiger partial charge in [0.05, 0.1) is 18.4 Å². The van der Waals surface area contributed by atoms with Crippen LogP contribution >= 0.6 is 27.7 Å². The van der Waals surface area contributed by atoms with Gasteiger partial charge in [-0.2, -0.15) is 0 Å². The maximum Gasteiger partial charge on any atom is 0.337 e. The number of para-hydroxylation sites is 1. The van der Waals surface area contributed by atoms with Gasteiger partial charge in [0.15, 0.2) is 11.0 Å². The van der Waals surface area contributed by atoms with E-state index in [0.717, 1.165) is 26.4 Å². The Balaban J connectivity index is 1.52. The fraction of sp³-hybridized carbons (Fsp3) is 0.160. The zero-order valence-corrected chi connectivity index (χ0v) is 21.6. The molecule has 0 aliphatic carbocycles. The first-order valence-corrected chi connectivity index (χ1v) is 13.7. The molecule has 0 saturated heterocycles. The van der Waals surface area contributed by atoms with E-state index in [1.807, 2.05) is 71.3 Å². The monoisotopic (exact) mass is 555 g/mol. The molecule has 0 unspecified atom stereocenters. The van der Waals surface area contributed by atoms with Crippen molar-refractivity contribution in [3.63, 3.8) is 0 Å². The summed E-state index contributed by atoms with van der Waals surface area (Å²) in [5.74, 6) is 1.69. The smallest absolute Gasteiger partial charge is 0.337 e. The summed E-state index contributed by atoms with van der Waals surface area (Å²) in [6, 6.07) is 25.0. The minimum absolute atomic E-state index is 0.298. The van der Waals surface area contributed by atoms with E-state index in [9.17, 15) is 9.00 Å². The number of nitrogens with zero attached hydrogens (tertiary/aromatic N) is 3. The highest BCUT2D eigenvalue weighted by Gasteiger charge is 2.17. The summed E-state index contributed by atoms with van der Waals surface area (Å²) in [5, 5.41) is 9.50. The Bertz CT molecular complexity index is 1280. The maximum absolute atomic E-state index is 12.9. The van der Waals surface area contributed by atoms with E-state index in [2.05, 4.69) is 26.1 Å². The van der Waals surface area contributed by atoms with Crippen LogP contribution in [0.25, 0.3) is 5.69 Å². The van der Waals surface area contributed by atoms with Gasteiger partial charge in [0.25, 0.3) is 0 Å². The highest BCUT2D eigenvalue weighted by atomic mass is 79.9. The molecule has 4 rings (SSSR count). The van der Waals surface area contributed by atoms with Crippen LogP contribution in [0.2, 0.25) is 0 Å². The number of carbonyl (C=O) groups is 1. The minimum Gasteiger partial charge on any atom is -0.465 e. The Kier molecular flexibility index (Phi) is 8.31. The molecule has 1 heterocycles. The first-order valence-electron chi connectivity index (χ1n) is 10.4. The number of thioether (sulfide) groups is 1. The van der Waals surface area contributed by atoms with Gasteiger partial charge in [0, 0.05) is 32.5 Å². The standard InChI is InChI=1S/C25H22BrN3O3S2/c1-32-24(30)20-11-7-18(8-12-20)15-33-25-28-27-23(29(25)22-5-3-2-4-6-22)17-34(31)16-19-9-13-21(26)14-10-19/h2-14H,15-17H2,1H3/t34-/m0/s1. The second-order valence-electron chi connectivity index (χ2n) is 7.40. The lowest BCUT2D eigenvalue weighted by molar-refractivity contribution is 0.0600. The molecule has 9 heteroatoms. The van der Waals surface area contributed by atoms with Crippen molar-refractivity contribution >= 4 is 44.5 Å². The van der Waals surface area contributed by atoms with Crippen molar-refractivity contribution < 1.29 is 13.7 Å². The molecule has 0 aliphatic heterocycles. The fourth-order valence-electron chi connectivity index (χ4n) is 3.29. The molecule has 0 N–H and O–H groups in total. The summed E-state index contributed by atoms with van der Waals surface area (Å²) >= 11 is 4.97. The van der Waals surface area contributed by atoms with E-state index >= 15 is 0 Å². The number of hydrogen-bond acceptors (Lipinski definition) is 6. The number of benzene rings is 3. The Hall–Kier alpha value is -2.75. The third-order valence-electron chi connectivity index (χ3n) is 4.99. The number of carbonyl (C=O) groups excluding carboxylic acids is 1. The summed E-state index contributed by atoms with van der Waals surface area (Å²) in [6.45, 7) is 0. The molecule has 3 aromatic carbocycles. The predicted octanol–water partition coefficient (Wildman–Crippen LogP) is 5.56. The van der Waals surface area contributed by atoms with E-state index in [1.165, 1.54) is 18.9 Å². The normalized spacial score (nSPS) is 11.8. The molecule has 0 amide bonds.